The number of rotatable bonds is 3. The molecule has 0 amide bonds. The summed E-state index contributed by atoms with van der Waals surface area (Å²) >= 11 is 1.66. The molecule has 1 fully saturated rings. The van der Waals surface area contributed by atoms with Crippen LogP contribution in [0.3, 0.4) is 0 Å². The molecular formula is C19H17N7S. The van der Waals surface area contributed by atoms with Crippen LogP contribution in [0.1, 0.15) is 0 Å². The van der Waals surface area contributed by atoms with Crippen molar-refractivity contribution >= 4 is 33.5 Å². The molecule has 7 nitrogen and oxygen atoms in total. The van der Waals surface area contributed by atoms with E-state index < -0.39 is 0 Å². The molecule has 4 heterocycles. The first-order valence-corrected chi connectivity index (χ1v) is 9.63. The van der Waals surface area contributed by atoms with Crippen LogP contribution in [0, 0.1) is 0 Å². The molecule has 0 N–H and O–H groups in total. The van der Waals surface area contributed by atoms with E-state index in [0.717, 1.165) is 54.2 Å². The molecule has 4 aromatic rings. The highest BCUT2D eigenvalue weighted by molar-refractivity contribution is 7.21. The van der Waals surface area contributed by atoms with E-state index in [9.17, 15) is 0 Å². The lowest BCUT2D eigenvalue weighted by molar-refractivity contribution is 0.628. The minimum Gasteiger partial charge on any atom is -0.337 e. The number of benzene rings is 1. The van der Waals surface area contributed by atoms with Gasteiger partial charge in [-0.15, -0.1) is 11.3 Å². The van der Waals surface area contributed by atoms with Crippen molar-refractivity contribution in [1.82, 2.24) is 24.9 Å². The Bertz CT molecular complexity index is 1010. The van der Waals surface area contributed by atoms with Gasteiger partial charge in [-0.25, -0.2) is 24.9 Å². The minimum atomic E-state index is 0.758. The van der Waals surface area contributed by atoms with Gasteiger partial charge in [0.25, 0.3) is 0 Å². The van der Waals surface area contributed by atoms with Crippen LogP contribution in [0.2, 0.25) is 0 Å². The van der Waals surface area contributed by atoms with Crippen molar-refractivity contribution < 1.29 is 0 Å². The average Bonchev–Trinajstić information content (AvgIpc) is 3.19. The molecule has 3 aromatic heterocycles. The van der Waals surface area contributed by atoms with Crippen LogP contribution in [-0.4, -0.2) is 51.1 Å². The van der Waals surface area contributed by atoms with Gasteiger partial charge in [0.05, 0.1) is 10.2 Å². The quantitative estimate of drug-likeness (QED) is 0.545. The molecule has 0 saturated carbocycles. The van der Waals surface area contributed by atoms with Gasteiger partial charge in [-0.3, -0.25) is 0 Å². The largest absolute Gasteiger partial charge is 0.337 e. The van der Waals surface area contributed by atoms with Gasteiger partial charge in [-0.2, -0.15) is 0 Å². The van der Waals surface area contributed by atoms with Gasteiger partial charge in [-0.05, 0) is 18.2 Å². The van der Waals surface area contributed by atoms with Crippen molar-refractivity contribution in [3.05, 3.63) is 55.1 Å². The summed E-state index contributed by atoms with van der Waals surface area (Å²) in [6.45, 7) is 3.40. The number of aromatic nitrogens is 5. The van der Waals surface area contributed by atoms with E-state index in [1.807, 2.05) is 36.7 Å². The second kappa shape index (κ2) is 6.88. The second-order valence-electron chi connectivity index (χ2n) is 6.28. The first-order chi connectivity index (χ1) is 13.4. The Hall–Kier alpha value is -3.13. The molecule has 0 spiro atoms. The minimum absolute atomic E-state index is 0.758. The average molecular weight is 375 g/mol. The van der Waals surface area contributed by atoms with E-state index in [1.54, 1.807) is 23.7 Å². The van der Waals surface area contributed by atoms with E-state index in [2.05, 4.69) is 40.8 Å². The highest BCUT2D eigenvalue weighted by Crippen LogP contribution is 2.29. The summed E-state index contributed by atoms with van der Waals surface area (Å²) in [5, 5.41) is 0.953. The fourth-order valence-corrected chi connectivity index (χ4v) is 4.09. The molecule has 1 aromatic carbocycles. The lowest BCUT2D eigenvalue weighted by Gasteiger charge is -2.34. The molecule has 0 aliphatic carbocycles. The van der Waals surface area contributed by atoms with Gasteiger partial charge in [0, 0.05) is 56.5 Å². The van der Waals surface area contributed by atoms with Gasteiger partial charge in [0.2, 0.25) is 11.9 Å². The molecule has 5 rings (SSSR count). The zero-order valence-electron chi connectivity index (χ0n) is 14.6. The molecule has 134 valence electrons. The lowest BCUT2D eigenvalue weighted by atomic mass is 10.3. The van der Waals surface area contributed by atoms with Crippen LogP contribution in [0.4, 0.5) is 11.9 Å². The highest BCUT2D eigenvalue weighted by atomic mass is 32.1. The Morgan fingerprint density at radius 2 is 1.37 bits per heavy atom. The first kappa shape index (κ1) is 16.1. The fraction of sp³-hybridized carbons (Fsp3) is 0.211. The van der Waals surface area contributed by atoms with Gasteiger partial charge >= 0.3 is 0 Å². The maximum atomic E-state index is 4.67. The molecule has 0 radical (unpaired) electrons. The van der Waals surface area contributed by atoms with Gasteiger partial charge in [-0.1, -0.05) is 12.1 Å². The Kier molecular flexibility index (Phi) is 4.10. The molecule has 0 bridgehead atoms. The third kappa shape index (κ3) is 3.19. The Morgan fingerprint density at radius 1 is 0.741 bits per heavy atom. The van der Waals surface area contributed by atoms with Crippen molar-refractivity contribution in [3.8, 4) is 10.6 Å². The van der Waals surface area contributed by atoms with Gasteiger partial charge in [0.1, 0.15) is 5.01 Å². The number of hydrogen-bond acceptors (Lipinski definition) is 8. The number of hydrogen-bond donors (Lipinski definition) is 0. The maximum Gasteiger partial charge on any atom is 0.225 e. The van der Waals surface area contributed by atoms with E-state index in [4.69, 9.17) is 0 Å². The molecular weight excluding hydrogens is 358 g/mol. The van der Waals surface area contributed by atoms with Crippen LogP contribution in [0.15, 0.2) is 55.1 Å². The van der Waals surface area contributed by atoms with Crippen LogP contribution >= 0.6 is 11.3 Å². The molecule has 1 saturated heterocycles. The third-order valence-corrected chi connectivity index (χ3v) is 5.66. The number of nitrogens with zero attached hydrogens (tertiary/aromatic N) is 7. The second-order valence-corrected chi connectivity index (χ2v) is 7.31. The topological polar surface area (TPSA) is 70.9 Å². The molecule has 8 heteroatoms. The van der Waals surface area contributed by atoms with E-state index in [1.165, 1.54) is 4.70 Å². The summed E-state index contributed by atoms with van der Waals surface area (Å²) in [7, 11) is 0. The van der Waals surface area contributed by atoms with Crippen LogP contribution < -0.4 is 9.80 Å². The molecule has 27 heavy (non-hydrogen) atoms. The number of piperazine rings is 1. The number of para-hydroxylation sites is 1. The van der Waals surface area contributed by atoms with Crippen LogP contribution in [0.25, 0.3) is 20.8 Å². The zero-order chi connectivity index (χ0) is 18.1. The summed E-state index contributed by atoms with van der Waals surface area (Å²) < 4.78 is 1.18. The summed E-state index contributed by atoms with van der Waals surface area (Å²) in [6.07, 6.45) is 7.29. The summed E-state index contributed by atoms with van der Waals surface area (Å²) in [4.78, 5) is 26.9. The van der Waals surface area contributed by atoms with Gasteiger partial charge in [0.15, 0.2) is 0 Å². The predicted molar refractivity (Wildman–Crippen MR) is 107 cm³/mol. The Balaban J connectivity index is 1.29. The zero-order valence-corrected chi connectivity index (χ0v) is 15.4. The van der Waals surface area contributed by atoms with Crippen molar-refractivity contribution in [2.24, 2.45) is 0 Å². The summed E-state index contributed by atoms with van der Waals surface area (Å²) in [6, 6.07) is 9.98. The molecule has 1 aliphatic heterocycles. The first-order valence-electron chi connectivity index (χ1n) is 8.82. The fourth-order valence-electron chi connectivity index (χ4n) is 3.15. The highest BCUT2D eigenvalue weighted by Gasteiger charge is 2.20. The lowest BCUT2D eigenvalue weighted by Crippen LogP contribution is -2.47. The van der Waals surface area contributed by atoms with E-state index >= 15 is 0 Å². The standard InChI is InChI=1S/C19H17N7S/c1-2-5-16-15(4-1)24-17(27-16)14-12-22-19(23-13-14)26-10-8-25(9-11-26)18-20-6-3-7-21-18/h1-7,12-13H,8-11H2. The smallest absolute Gasteiger partial charge is 0.225 e. The third-order valence-electron chi connectivity index (χ3n) is 4.58. The molecule has 1 aliphatic rings. The van der Waals surface area contributed by atoms with Crippen molar-refractivity contribution in [1.29, 1.82) is 0 Å². The van der Waals surface area contributed by atoms with E-state index in [-0.39, 0.29) is 0 Å². The molecule has 0 atom stereocenters. The molecule has 0 unspecified atom stereocenters. The van der Waals surface area contributed by atoms with Crippen molar-refractivity contribution in [3.63, 3.8) is 0 Å². The summed E-state index contributed by atoms with van der Waals surface area (Å²) in [5.41, 5.74) is 1.97. The SMILES string of the molecule is c1cnc(N2CCN(c3ncc(-c4nc5ccccc5s4)cn3)CC2)nc1. The number of thiazole rings is 1. The predicted octanol–water partition coefficient (Wildman–Crippen LogP) is 2.87. The van der Waals surface area contributed by atoms with Gasteiger partial charge < -0.3 is 9.80 Å². The van der Waals surface area contributed by atoms with Crippen LogP contribution in [0.5, 0.6) is 0 Å². The monoisotopic (exact) mass is 375 g/mol. The number of anilines is 2. The normalized spacial score (nSPS) is 14.7. The van der Waals surface area contributed by atoms with Crippen molar-refractivity contribution in [2.75, 3.05) is 36.0 Å². The summed E-state index contributed by atoms with van der Waals surface area (Å²) in [5.74, 6) is 1.54. The van der Waals surface area contributed by atoms with Crippen molar-refractivity contribution in [2.45, 2.75) is 0 Å². The van der Waals surface area contributed by atoms with Crippen LogP contribution in [-0.2, 0) is 0 Å². The Morgan fingerprint density at radius 3 is 2.04 bits per heavy atom. The van der Waals surface area contributed by atoms with E-state index in [0.29, 0.717) is 0 Å². The maximum absolute atomic E-state index is 4.67. The Labute approximate surface area is 160 Å². The number of fused-ring (bicyclic) bond motifs is 1.